The van der Waals surface area contributed by atoms with E-state index in [0.717, 1.165) is 0 Å². The molecule has 0 bridgehead atoms. The molecule has 0 aliphatic rings. The summed E-state index contributed by atoms with van der Waals surface area (Å²) in [6.45, 7) is 0. The molecule has 8 N–H and O–H groups in total. The summed E-state index contributed by atoms with van der Waals surface area (Å²) in [6, 6.07) is 0. The van der Waals surface area contributed by atoms with E-state index < -0.39 is 110 Å². The molecule has 0 aliphatic carbocycles. The maximum absolute atomic E-state index is 12.2. The second-order valence-electron chi connectivity index (χ2n) is 6.44. The molecule has 192 valence electrons. The number of carboxylic acid groups (broad SMARTS) is 6. The maximum atomic E-state index is 12.2. The van der Waals surface area contributed by atoms with Crippen molar-refractivity contribution in [1.29, 1.82) is 0 Å². The fourth-order valence-electron chi connectivity index (χ4n) is 3.46. The van der Waals surface area contributed by atoms with Crippen LogP contribution >= 0.6 is 0 Å². The van der Waals surface area contributed by atoms with E-state index >= 15 is 0 Å². The molecule has 2 rings (SSSR count). The lowest BCUT2D eigenvalue weighted by molar-refractivity contribution is 0.0620. The van der Waals surface area contributed by atoms with Crippen LogP contribution in [0.15, 0.2) is 9.79 Å². The smallest absolute Gasteiger partial charge is 0.338 e. The lowest BCUT2D eigenvalue weighted by Gasteiger charge is -2.21. The number of fused-ring (bicyclic) bond motifs is 1. The van der Waals surface area contributed by atoms with E-state index in [1.54, 1.807) is 0 Å². The van der Waals surface area contributed by atoms with Gasteiger partial charge in [0.1, 0.15) is 9.79 Å². The SMILES string of the molecule is O=C(O)c1c(C(=O)O)c(C(=O)O)c2c(S(=O)(=O)O)c(S(=O)(=O)O)c(C(=O)O)c(C(=O)O)c2c1C(=O)O. The Balaban J connectivity index is 4.01. The topological polar surface area (TPSA) is 333 Å². The minimum atomic E-state index is -6.31. The third-order valence-corrected chi connectivity index (χ3v) is 6.44. The van der Waals surface area contributed by atoms with E-state index in [9.17, 15) is 85.3 Å². The Morgan fingerprint density at radius 3 is 0.889 bits per heavy atom. The van der Waals surface area contributed by atoms with Crippen LogP contribution in [0.2, 0.25) is 0 Å². The molecule has 2 aromatic carbocycles. The molecular weight excluding hydrogens is 544 g/mol. The third-order valence-electron chi connectivity index (χ3n) is 4.46. The van der Waals surface area contributed by atoms with Crippen molar-refractivity contribution in [2.24, 2.45) is 0 Å². The first-order chi connectivity index (χ1) is 16.2. The van der Waals surface area contributed by atoms with Gasteiger partial charge in [0.2, 0.25) is 0 Å². The van der Waals surface area contributed by atoms with Crippen LogP contribution in [0.1, 0.15) is 62.1 Å². The first kappa shape index (κ1) is 27.6. The van der Waals surface area contributed by atoms with Crippen LogP contribution in [0.5, 0.6) is 0 Å². The summed E-state index contributed by atoms with van der Waals surface area (Å²) in [6.07, 6.45) is 0. The summed E-state index contributed by atoms with van der Waals surface area (Å²) in [5.74, 6) is -15.6. The number of hydrogen-bond donors (Lipinski definition) is 8. The zero-order valence-corrected chi connectivity index (χ0v) is 18.1. The highest BCUT2D eigenvalue weighted by Crippen LogP contribution is 2.43. The number of aromatic carboxylic acids is 6. The van der Waals surface area contributed by atoms with Crippen molar-refractivity contribution in [3.63, 3.8) is 0 Å². The van der Waals surface area contributed by atoms with Gasteiger partial charge in [-0.15, -0.1) is 0 Å². The van der Waals surface area contributed by atoms with Gasteiger partial charge in [-0.05, 0) is 0 Å². The predicted molar refractivity (Wildman–Crippen MR) is 105 cm³/mol. The van der Waals surface area contributed by atoms with Gasteiger partial charge in [0, 0.05) is 10.8 Å². The highest BCUT2D eigenvalue weighted by molar-refractivity contribution is 7.89. The second-order valence-corrected chi connectivity index (χ2v) is 9.16. The molecule has 18 nitrogen and oxygen atoms in total. The number of benzene rings is 2. The molecule has 0 radical (unpaired) electrons. The van der Waals surface area contributed by atoms with Crippen molar-refractivity contribution >= 4 is 66.8 Å². The molecule has 0 heterocycles. The van der Waals surface area contributed by atoms with Gasteiger partial charge in [-0.25, -0.2) is 28.8 Å². The van der Waals surface area contributed by atoms with Crippen molar-refractivity contribution in [3.05, 3.63) is 33.4 Å². The highest BCUT2D eigenvalue weighted by atomic mass is 32.2. The molecule has 0 fully saturated rings. The lowest BCUT2D eigenvalue weighted by atomic mass is 9.85. The van der Waals surface area contributed by atoms with Crippen molar-refractivity contribution in [3.8, 4) is 0 Å². The standard InChI is InChI=1S/C16H8O18S2/c17-11(18)3-1-2(5(13(21)22)7(15(25)26)6(3)14(23)24)9(35(29,30)31)10(36(32,33)34)8(16(27)28)4(1)12(19)20/h(H,17,18)(H,19,20)(H,21,22)(H,23,24)(H,25,26)(H,27,28)(H,29,30,31)(H,32,33,34). The normalized spacial score (nSPS) is 11.7. The van der Waals surface area contributed by atoms with Gasteiger partial charge in [0.15, 0.2) is 0 Å². The molecule has 0 saturated carbocycles. The Morgan fingerprint density at radius 1 is 0.389 bits per heavy atom. The first-order valence-corrected chi connectivity index (χ1v) is 11.1. The van der Waals surface area contributed by atoms with Crippen molar-refractivity contribution in [1.82, 2.24) is 0 Å². The fraction of sp³-hybridized carbons (Fsp3) is 0. The zero-order valence-electron chi connectivity index (χ0n) is 16.5. The summed E-state index contributed by atoms with van der Waals surface area (Å²) in [5, 5.41) is 53.1. The summed E-state index contributed by atoms with van der Waals surface area (Å²) in [7, 11) is -12.6. The van der Waals surface area contributed by atoms with E-state index in [1.165, 1.54) is 0 Å². The molecule has 0 unspecified atom stereocenters. The van der Waals surface area contributed by atoms with Crippen LogP contribution < -0.4 is 0 Å². The summed E-state index contributed by atoms with van der Waals surface area (Å²) in [5.41, 5.74) is -12.4. The fourth-order valence-corrected chi connectivity index (χ4v) is 5.67. The van der Waals surface area contributed by atoms with E-state index in [1.807, 2.05) is 0 Å². The van der Waals surface area contributed by atoms with Gasteiger partial charge in [0.05, 0.1) is 33.4 Å². The Kier molecular flexibility index (Phi) is 6.53. The Morgan fingerprint density at radius 2 is 0.639 bits per heavy atom. The minimum Gasteiger partial charge on any atom is -0.478 e. The van der Waals surface area contributed by atoms with E-state index in [4.69, 9.17) is 0 Å². The molecule has 2 aromatic rings. The lowest BCUT2D eigenvalue weighted by Crippen LogP contribution is -2.26. The van der Waals surface area contributed by atoms with Crippen molar-refractivity contribution < 1.29 is 85.3 Å². The molecular formula is C16H8O18S2. The quantitative estimate of drug-likeness (QED) is 0.192. The van der Waals surface area contributed by atoms with Gasteiger partial charge >= 0.3 is 35.8 Å². The molecule has 0 saturated heterocycles. The van der Waals surface area contributed by atoms with Crippen LogP contribution in [-0.2, 0) is 20.2 Å². The summed E-state index contributed by atoms with van der Waals surface area (Å²) >= 11 is 0. The number of carboxylic acids is 6. The third kappa shape index (κ3) is 4.15. The van der Waals surface area contributed by atoms with Crippen LogP contribution in [0.3, 0.4) is 0 Å². The van der Waals surface area contributed by atoms with Gasteiger partial charge < -0.3 is 30.6 Å². The number of hydrogen-bond acceptors (Lipinski definition) is 10. The maximum Gasteiger partial charge on any atom is 0.338 e. The molecule has 0 spiro atoms. The number of carbonyl (C=O) groups is 6. The van der Waals surface area contributed by atoms with Gasteiger partial charge in [0.25, 0.3) is 20.2 Å². The Hall–Kier alpha value is -4.66. The predicted octanol–water partition coefficient (Wildman–Crippen LogP) is -0.478. The zero-order chi connectivity index (χ0) is 28.2. The molecule has 36 heavy (non-hydrogen) atoms. The van der Waals surface area contributed by atoms with Crippen LogP contribution in [0.4, 0.5) is 0 Å². The minimum absolute atomic E-state index is 1.91. The van der Waals surface area contributed by atoms with E-state index in [0.29, 0.717) is 0 Å². The van der Waals surface area contributed by atoms with Gasteiger partial charge in [-0.3, -0.25) is 9.11 Å². The summed E-state index contributed by atoms with van der Waals surface area (Å²) < 4.78 is 67.5. The second kappa shape index (κ2) is 8.53. The van der Waals surface area contributed by atoms with Crippen LogP contribution in [-0.4, -0.2) is 92.4 Å². The van der Waals surface area contributed by atoms with Crippen molar-refractivity contribution in [2.45, 2.75) is 9.79 Å². The van der Waals surface area contributed by atoms with E-state index in [2.05, 4.69) is 0 Å². The van der Waals surface area contributed by atoms with Crippen LogP contribution in [0.25, 0.3) is 10.8 Å². The first-order valence-electron chi connectivity index (χ1n) is 8.26. The molecule has 0 aromatic heterocycles. The van der Waals surface area contributed by atoms with Crippen molar-refractivity contribution in [2.75, 3.05) is 0 Å². The van der Waals surface area contributed by atoms with Crippen LogP contribution in [0, 0.1) is 0 Å². The highest BCUT2D eigenvalue weighted by Gasteiger charge is 2.44. The Bertz CT molecular complexity index is 1660. The average Bonchev–Trinajstić information content (AvgIpc) is 2.67. The summed E-state index contributed by atoms with van der Waals surface area (Å²) in [4.78, 5) is 66.4. The van der Waals surface area contributed by atoms with Gasteiger partial charge in [-0.2, -0.15) is 16.8 Å². The number of rotatable bonds is 8. The molecule has 0 amide bonds. The monoisotopic (exact) mass is 552 g/mol. The molecule has 0 atom stereocenters. The van der Waals surface area contributed by atoms with E-state index in [-0.39, 0.29) is 0 Å². The average molecular weight is 552 g/mol. The largest absolute Gasteiger partial charge is 0.478 e. The van der Waals surface area contributed by atoms with Gasteiger partial charge in [-0.1, -0.05) is 0 Å². The molecule has 0 aliphatic heterocycles. The Labute approximate surface area is 195 Å². The molecule has 20 heteroatoms.